The number of carbonyl (C=O) groups is 2. The van der Waals surface area contributed by atoms with Crippen molar-refractivity contribution in [1.29, 1.82) is 0 Å². The number of benzene rings is 1. The van der Waals surface area contributed by atoms with Crippen LogP contribution in [0.25, 0.3) is 0 Å². The first-order valence-electron chi connectivity index (χ1n) is 5.70. The summed E-state index contributed by atoms with van der Waals surface area (Å²) in [6.45, 7) is 0. The number of rotatable bonds is 3. The smallest absolute Gasteiger partial charge is 0.340 e. The third-order valence-electron chi connectivity index (χ3n) is 3.13. The van der Waals surface area contributed by atoms with Crippen molar-refractivity contribution < 1.29 is 19.4 Å². The predicted octanol–water partition coefficient (Wildman–Crippen LogP) is 0.734. The monoisotopic (exact) mass is 249 g/mol. The lowest BCUT2D eigenvalue weighted by Gasteiger charge is -2.27. The number of anilines is 1. The first-order valence-corrected chi connectivity index (χ1v) is 5.70. The summed E-state index contributed by atoms with van der Waals surface area (Å²) < 4.78 is 4.57. The van der Waals surface area contributed by atoms with Gasteiger partial charge in [-0.1, -0.05) is 18.2 Å². The van der Waals surface area contributed by atoms with Crippen molar-refractivity contribution in [2.75, 3.05) is 12.4 Å². The second-order valence-corrected chi connectivity index (χ2v) is 4.40. The molecule has 18 heavy (non-hydrogen) atoms. The molecule has 1 aromatic carbocycles. The van der Waals surface area contributed by atoms with Gasteiger partial charge in [0.1, 0.15) is 5.78 Å². The number of hydrogen-bond acceptors (Lipinski definition) is 5. The molecule has 5 heteroatoms. The molecule has 1 aliphatic carbocycles. The summed E-state index contributed by atoms with van der Waals surface area (Å²) in [5.41, 5.74) is -1.03. The number of aliphatic hydroxyl groups is 1. The average Bonchev–Trinajstić information content (AvgIpc) is 2.65. The van der Waals surface area contributed by atoms with Gasteiger partial charge < -0.3 is 15.2 Å². The molecule has 0 saturated heterocycles. The highest BCUT2D eigenvalue weighted by Gasteiger charge is 2.52. The molecule has 2 rings (SSSR count). The maximum Gasteiger partial charge on any atom is 0.340 e. The van der Waals surface area contributed by atoms with Gasteiger partial charge in [-0.3, -0.25) is 4.79 Å². The van der Waals surface area contributed by atoms with Crippen molar-refractivity contribution >= 4 is 17.4 Å². The molecule has 0 heterocycles. The Kier molecular flexibility index (Phi) is 3.34. The Labute approximate surface area is 105 Å². The van der Waals surface area contributed by atoms with Crippen LogP contribution in [-0.2, 0) is 14.3 Å². The van der Waals surface area contributed by atoms with E-state index in [-0.39, 0.29) is 18.6 Å². The van der Waals surface area contributed by atoms with Crippen LogP contribution >= 0.6 is 0 Å². The summed E-state index contributed by atoms with van der Waals surface area (Å²) in [6, 6.07) is 8.48. The van der Waals surface area contributed by atoms with Crippen molar-refractivity contribution in [3.63, 3.8) is 0 Å². The number of hydrogen-bond donors (Lipinski definition) is 2. The minimum Gasteiger partial charge on any atom is -0.467 e. The molecule has 1 fully saturated rings. The van der Waals surface area contributed by atoms with Gasteiger partial charge >= 0.3 is 5.97 Å². The van der Waals surface area contributed by atoms with E-state index in [1.165, 1.54) is 7.11 Å². The zero-order valence-corrected chi connectivity index (χ0v) is 10.1. The standard InChI is InChI=1S/C13H15NO4/c1-18-12(16)13(17)8-10(15)7-11(13)14-9-5-3-2-4-6-9/h2-6,11,14,17H,7-8H2,1H3/t11-,13+/m1/s1. The number of ketones is 1. The lowest BCUT2D eigenvalue weighted by atomic mass is 9.97. The fraction of sp³-hybridized carbons (Fsp3) is 0.385. The molecule has 2 N–H and O–H groups in total. The Morgan fingerprint density at radius 1 is 1.44 bits per heavy atom. The molecule has 0 bridgehead atoms. The van der Waals surface area contributed by atoms with Crippen LogP contribution in [0.15, 0.2) is 30.3 Å². The molecule has 0 amide bonds. The topological polar surface area (TPSA) is 75.6 Å². The molecule has 0 aromatic heterocycles. The van der Waals surface area contributed by atoms with Crippen LogP contribution in [0.1, 0.15) is 12.8 Å². The quantitative estimate of drug-likeness (QED) is 0.772. The zero-order chi connectivity index (χ0) is 13.2. The summed E-state index contributed by atoms with van der Waals surface area (Å²) in [5.74, 6) is -0.932. The van der Waals surface area contributed by atoms with Crippen LogP contribution in [-0.4, -0.2) is 35.6 Å². The normalized spacial score (nSPS) is 27.0. The van der Waals surface area contributed by atoms with Crippen molar-refractivity contribution in [1.82, 2.24) is 0 Å². The van der Waals surface area contributed by atoms with Gasteiger partial charge in [-0.25, -0.2) is 4.79 Å². The summed E-state index contributed by atoms with van der Waals surface area (Å²) in [7, 11) is 1.20. The Bertz CT molecular complexity index is 459. The van der Waals surface area contributed by atoms with Crippen molar-refractivity contribution in [3.05, 3.63) is 30.3 Å². The molecule has 1 aliphatic rings. The van der Waals surface area contributed by atoms with Gasteiger partial charge in [-0.05, 0) is 12.1 Å². The number of ether oxygens (including phenoxy) is 1. The number of para-hydroxylation sites is 1. The first-order chi connectivity index (χ1) is 8.56. The number of methoxy groups -OCH3 is 1. The molecule has 0 spiro atoms. The summed E-state index contributed by atoms with van der Waals surface area (Å²) in [5, 5.41) is 13.3. The first kappa shape index (κ1) is 12.6. The minimum absolute atomic E-state index is 0.112. The highest BCUT2D eigenvalue weighted by atomic mass is 16.5. The van der Waals surface area contributed by atoms with E-state index in [4.69, 9.17) is 0 Å². The van der Waals surface area contributed by atoms with E-state index < -0.39 is 17.6 Å². The van der Waals surface area contributed by atoms with Crippen LogP contribution in [0.5, 0.6) is 0 Å². The number of esters is 1. The molecule has 1 saturated carbocycles. The van der Waals surface area contributed by atoms with Crippen LogP contribution in [0, 0.1) is 0 Å². The zero-order valence-electron chi connectivity index (χ0n) is 10.1. The van der Waals surface area contributed by atoms with Crippen LogP contribution < -0.4 is 5.32 Å². The van der Waals surface area contributed by atoms with Gasteiger partial charge in [0.05, 0.1) is 13.2 Å². The molecule has 0 radical (unpaired) electrons. The summed E-state index contributed by atoms with van der Waals surface area (Å²) in [4.78, 5) is 23.1. The van der Waals surface area contributed by atoms with E-state index >= 15 is 0 Å². The van der Waals surface area contributed by atoms with E-state index in [1.54, 1.807) is 12.1 Å². The molecular weight excluding hydrogens is 234 g/mol. The van der Waals surface area contributed by atoms with E-state index in [2.05, 4.69) is 10.1 Å². The highest BCUT2D eigenvalue weighted by molar-refractivity contribution is 5.94. The van der Waals surface area contributed by atoms with Gasteiger partial charge in [0.2, 0.25) is 0 Å². The van der Waals surface area contributed by atoms with Crippen molar-refractivity contribution in [2.24, 2.45) is 0 Å². The van der Waals surface area contributed by atoms with E-state index in [9.17, 15) is 14.7 Å². The highest BCUT2D eigenvalue weighted by Crippen LogP contribution is 2.31. The fourth-order valence-electron chi connectivity index (χ4n) is 2.19. The van der Waals surface area contributed by atoms with Crippen LogP contribution in [0.2, 0.25) is 0 Å². The number of carbonyl (C=O) groups excluding carboxylic acids is 2. The molecule has 1 aromatic rings. The Morgan fingerprint density at radius 2 is 2.11 bits per heavy atom. The third kappa shape index (κ3) is 2.22. The van der Waals surface area contributed by atoms with Gasteiger partial charge in [0, 0.05) is 18.5 Å². The van der Waals surface area contributed by atoms with E-state index in [0.717, 1.165) is 5.69 Å². The molecule has 5 nitrogen and oxygen atoms in total. The Morgan fingerprint density at radius 3 is 2.72 bits per heavy atom. The Balaban J connectivity index is 2.20. The van der Waals surface area contributed by atoms with E-state index in [1.807, 2.05) is 18.2 Å². The maximum absolute atomic E-state index is 11.6. The molecule has 0 aliphatic heterocycles. The van der Waals surface area contributed by atoms with Gasteiger partial charge in [-0.2, -0.15) is 0 Å². The second kappa shape index (κ2) is 4.78. The van der Waals surface area contributed by atoms with Crippen molar-refractivity contribution in [3.8, 4) is 0 Å². The van der Waals surface area contributed by atoms with Crippen molar-refractivity contribution in [2.45, 2.75) is 24.5 Å². The molecule has 96 valence electrons. The SMILES string of the molecule is COC(=O)[C@]1(O)CC(=O)C[C@H]1Nc1ccccc1. The largest absolute Gasteiger partial charge is 0.467 e. The molecular formula is C13H15NO4. The predicted molar refractivity (Wildman–Crippen MR) is 65.1 cm³/mol. The maximum atomic E-state index is 11.6. The number of nitrogens with one attached hydrogen (secondary N) is 1. The Hall–Kier alpha value is -1.88. The lowest BCUT2D eigenvalue weighted by Crippen LogP contribution is -2.49. The van der Waals surface area contributed by atoms with Crippen LogP contribution in [0.4, 0.5) is 5.69 Å². The number of Topliss-reactive ketones (excluding diaryl/α,β-unsaturated/α-hetero) is 1. The van der Waals surface area contributed by atoms with Gasteiger partial charge in [-0.15, -0.1) is 0 Å². The average molecular weight is 249 g/mol. The second-order valence-electron chi connectivity index (χ2n) is 4.40. The summed E-state index contributed by atoms with van der Waals surface area (Å²) in [6.07, 6.45) is -0.0926. The van der Waals surface area contributed by atoms with Gasteiger partial charge in [0.15, 0.2) is 5.60 Å². The van der Waals surface area contributed by atoms with E-state index in [0.29, 0.717) is 0 Å². The molecule has 0 unspecified atom stereocenters. The lowest BCUT2D eigenvalue weighted by molar-refractivity contribution is -0.162. The third-order valence-corrected chi connectivity index (χ3v) is 3.13. The van der Waals surface area contributed by atoms with Gasteiger partial charge in [0.25, 0.3) is 0 Å². The fourth-order valence-corrected chi connectivity index (χ4v) is 2.19. The summed E-state index contributed by atoms with van der Waals surface area (Å²) >= 11 is 0. The molecule has 2 atom stereocenters. The minimum atomic E-state index is -1.78. The van der Waals surface area contributed by atoms with Crippen LogP contribution in [0.3, 0.4) is 0 Å².